The fourth-order valence-corrected chi connectivity index (χ4v) is 1.86. The topological polar surface area (TPSA) is 77.1 Å². The minimum Gasteiger partial charge on any atom is -0.471 e. The van der Waals surface area contributed by atoms with E-state index >= 15 is 0 Å². The van der Waals surface area contributed by atoms with Gasteiger partial charge in [-0.3, -0.25) is 4.98 Å². The molecule has 0 aromatic carbocycles. The molecule has 2 heterocycles. The molecule has 6 nitrogen and oxygen atoms in total. The molecule has 0 aliphatic carbocycles. The van der Waals surface area contributed by atoms with Crippen molar-refractivity contribution in [2.45, 2.75) is 39.7 Å². The predicted octanol–water partition coefficient (Wildman–Crippen LogP) is 2.86. The Balaban J connectivity index is 2.08. The average molecular weight is 303 g/mol. The number of aromatic amines is 1. The van der Waals surface area contributed by atoms with Gasteiger partial charge in [-0.05, 0) is 19.1 Å². The van der Waals surface area contributed by atoms with Crippen LogP contribution in [0.25, 0.3) is 0 Å². The monoisotopic (exact) mass is 303 g/mol. The van der Waals surface area contributed by atoms with Crippen molar-refractivity contribution in [2.75, 3.05) is 6.61 Å². The fraction of sp³-hybridized carbons (Fsp3) is 0.438. The second-order valence-electron chi connectivity index (χ2n) is 5.89. The number of H-pyrrole nitrogens is 1. The Morgan fingerprint density at radius 1 is 1.32 bits per heavy atom. The molecule has 2 aromatic heterocycles. The van der Waals surface area contributed by atoms with Crippen molar-refractivity contribution >= 4 is 5.97 Å². The van der Waals surface area contributed by atoms with Gasteiger partial charge in [-0.1, -0.05) is 26.8 Å². The number of aromatic nitrogens is 3. The standard InChI is InChI=1S/C16H21N3O3/c1-5-21-15(20)12-9-17-19-14(12)22-10-11-7-6-8-13(18-11)16(2,3)4/h6-9H,5,10H2,1-4H3,(H,17,19). The first kappa shape index (κ1) is 16.0. The number of pyridine rings is 1. The van der Waals surface area contributed by atoms with E-state index < -0.39 is 5.97 Å². The lowest BCUT2D eigenvalue weighted by Crippen LogP contribution is -2.15. The van der Waals surface area contributed by atoms with Gasteiger partial charge < -0.3 is 9.47 Å². The van der Waals surface area contributed by atoms with Crippen LogP contribution in [0.5, 0.6) is 5.88 Å². The van der Waals surface area contributed by atoms with E-state index in [2.05, 4.69) is 36.0 Å². The van der Waals surface area contributed by atoms with Crippen molar-refractivity contribution in [3.63, 3.8) is 0 Å². The van der Waals surface area contributed by atoms with Crippen LogP contribution in [0.15, 0.2) is 24.4 Å². The smallest absolute Gasteiger partial charge is 0.345 e. The quantitative estimate of drug-likeness (QED) is 0.859. The summed E-state index contributed by atoms with van der Waals surface area (Å²) in [6.45, 7) is 8.62. The van der Waals surface area contributed by atoms with Crippen LogP contribution in [0.4, 0.5) is 0 Å². The van der Waals surface area contributed by atoms with Gasteiger partial charge in [0.15, 0.2) is 0 Å². The third kappa shape index (κ3) is 3.84. The lowest BCUT2D eigenvalue weighted by atomic mass is 9.91. The number of carbonyl (C=O) groups excluding carboxylic acids is 1. The fourth-order valence-electron chi connectivity index (χ4n) is 1.86. The molecule has 0 atom stereocenters. The van der Waals surface area contributed by atoms with Gasteiger partial charge >= 0.3 is 5.97 Å². The van der Waals surface area contributed by atoms with Gasteiger partial charge in [0.05, 0.1) is 18.5 Å². The number of rotatable bonds is 5. The molecule has 22 heavy (non-hydrogen) atoms. The van der Waals surface area contributed by atoms with Crippen LogP contribution >= 0.6 is 0 Å². The highest BCUT2D eigenvalue weighted by Gasteiger charge is 2.18. The van der Waals surface area contributed by atoms with Gasteiger partial charge in [0.25, 0.3) is 0 Å². The van der Waals surface area contributed by atoms with Gasteiger partial charge in [0.2, 0.25) is 5.88 Å². The maximum Gasteiger partial charge on any atom is 0.345 e. The number of nitrogens with one attached hydrogen (secondary N) is 1. The molecule has 0 saturated heterocycles. The first-order valence-corrected chi connectivity index (χ1v) is 7.21. The summed E-state index contributed by atoms with van der Waals surface area (Å²) in [6, 6.07) is 5.82. The zero-order chi connectivity index (χ0) is 16.2. The second-order valence-corrected chi connectivity index (χ2v) is 5.89. The van der Waals surface area contributed by atoms with E-state index in [0.717, 1.165) is 11.4 Å². The van der Waals surface area contributed by atoms with Crippen LogP contribution in [-0.4, -0.2) is 27.8 Å². The molecule has 0 radical (unpaired) electrons. The van der Waals surface area contributed by atoms with E-state index in [1.54, 1.807) is 6.92 Å². The van der Waals surface area contributed by atoms with Crippen molar-refractivity contribution in [3.8, 4) is 5.88 Å². The van der Waals surface area contributed by atoms with Crippen LogP contribution in [0.3, 0.4) is 0 Å². The Morgan fingerprint density at radius 3 is 2.77 bits per heavy atom. The van der Waals surface area contributed by atoms with Gasteiger partial charge in [-0.15, -0.1) is 0 Å². The van der Waals surface area contributed by atoms with E-state index in [1.165, 1.54) is 6.20 Å². The Hall–Kier alpha value is -2.37. The number of esters is 1. The number of hydrogen-bond donors (Lipinski definition) is 1. The number of ether oxygens (including phenoxy) is 2. The molecular weight excluding hydrogens is 282 g/mol. The molecule has 2 rings (SSSR count). The molecule has 0 fully saturated rings. The first-order valence-electron chi connectivity index (χ1n) is 7.21. The number of hydrogen-bond acceptors (Lipinski definition) is 5. The highest BCUT2D eigenvalue weighted by Crippen LogP contribution is 2.21. The van der Waals surface area contributed by atoms with Crippen LogP contribution in [0, 0.1) is 0 Å². The van der Waals surface area contributed by atoms with Gasteiger partial charge in [-0.2, -0.15) is 5.10 Å². The van der Waals surface area contributed by atoms with E-state index in [-0.39, 0.29) is 17.6 Å². The predicted molar refractivity (Wildman–Crippen MR) is 81.8 cm³/mol. The highest BCUT2D eigenvalue weighted by molar-refractivity contribution is 5.91. The summed E-state index contributed by atoms with van der Waals surface area (Å²) in [5, 5.41) is 6.48. The van der Waals surface area contributed by atoms with Crippen molar-refractivity contribution in [2.24, 2.45) is 0 Å². The molecule has 0 aliphatic heterocycles. The summed E-state index contributed by atoms with van der Waals surface area (Å²) < 4.78 is 10.6. The SMILES string of the molecule is CCOC(=O)c1cn[nH]c1OCc1cccc(C(C)(C)C)n1. The van der Waals surface area contributed by atoms with Crippen molar-refractivity contribution in [3.05, 3.63) is 41.3 Å². The molecule has 0 spiro atoms. The Bertz CT molecular complexity index is 644. The minimum absolute atomic E-state index is 0.0277. The third-order valence-electron chi connectivity index (χ3n) is 3.04. The molecule has 6 heteroatoms. The molecule has 1 N–H and O–H groups in total. The van der Waals surface area contributed by atoms with Crippen molar-refractivity contribution in [1.82, 2.24) is 15.2 Å². The van der Waals surface area contributed by atoms with Crippen LogP contribution in [0.1, 0.15) is 49.4 Å². The van der Waals surface area contributed by atoms with Crippen molar-refractivity contribution in [1.29, 1.82) is 0 Å². The van der Waals surface area contributed by atoms with Gasteiger partial charge in [0, 0.05) is 11.1 Å². The summed E-state index contributed by atoms with van der Waals surface area (Å²) >= 11 is 0. The number of carbonyl (C=O) groups is 1. The molecule has 0 unspecified atom stereocenters. The zero-order valence-electron chi connectivity index (χ0n) is 13.3. The van der Waals surface area contributed by atoms with Gasteiger partial charge in [-0.25, -0.2) is 9.89 Å². The first-order chi connectivity index (χ1) is 10.4. The highest BCUT2D eigenvalue weighted by atomic mass is 16.5. The summed E-state index contributed by atoms with van der Waals surface area (Å²) in [6.07, 6.45) is 1.40. The molecule has 0 amide bonds. The van der Waals surface area contributed by atoms with E-state index in [9.17, 15) is 4.79 Å². The summed E-state index contributed by atoms with van der Waals surface area (Å²) in [4.78, 5) is 16.3. The molecule has 2 aromatic rings. The Labute approximate surface area is 129 Å². The molecular formula is C16H21N3O3. The normalized spacial score (nSPS) is 11.3. The number of nitrogens with zero attached hydrogens (tertiary/aromatic N) is 2. The molecule has 118 valence electrons. The second kappa shape index (κ2) is 6.60. The Morgan fingerprint density at radius 2 is 2.09 bits per heavy atom. The zero-order valence-corrected chi connectivity index (χ0v) is 13.3. The maximum absolute atomic E-state index is 11.7. The van der Waals surface area contributed by atoms with E-state index in [4.69, 9.17) is 9.47 Å². The summed E-state index contributed by atoms with van der Waals surface area (Å²) in [5.74, 6) is -0.163. The largest absolute Gasteiger partial charge is 0.471 e. The molecule has 0 aliphatic rings. The van der Waals surface area contributed by atoms with Crippen molar-refractivity contribution < 1.29 is 14.3 Å². The summed E-state index contributed by atoms with van der Waals surface area (Å²) in [5.41, 5.74) is 2.04. The lowest BCUT2D eigenvalue weighted by molar-refractivity contribution is 0.0521. The minimum atomic E-state index is -0.456. The van der Waals surface area contributed by atoms with Gasteiger partial charge in [0.1, 0.15) is 12.2 Å². The average Bonchev–Trinajstić information content (AvgIpc) is 2.93. The lowest BCUT2D eigenvalue weighted by Gasteiger charge is -2.18. The molecule has 0 saturated carbocycles. The maximum atomic E-state index is 11.7. The Kier molecular flexibility index (Phi) is 4.80. The third-order valence-corrected chi connectivity index (χ3v) is 3.04. The van der Waals surface area contributed by atoms with Crippen LogP contribution in [-0.2, 0) is 16.8 Å². The van der Waals surface area contributed by atoms with Crippen LogP contribution in [0.2, 0.25) is 0 Å². The van der Waals surface area contributed by atoms with E-state index in [1.807, 2.05) is 18.2 Å². The van der Waals surface area contributed by atoms with E-state index in [0.29, 0.717) is 12.5 Å². The summed E-state index contributed by atoms with van der Waals surface area (Å²) in [7, 11) is 0. The molecule has 0 bridgehead atoms. The van der Waals surface area contributed by atoms with Crippen LogP contribution < -0.4 is 4.74 Å².